The fourth-order valence-electron chi connectivity index (χ4n) is 4.76. The molecule has 0 spiro atoms. The third-order valence-corrected chi connectivity index (χ3v) is 6.65. The Morgan fingerprint density at radius 2 is 1.82 bits per heavy atom. The molecular formula is C28H27F3N4O4. The number of halogens is 3. The molecule has 1 unspecified atom stereocenters. The number of ketones is 1. The number of hydrogen-bond acceptors (Lipinski definition) is 5. The zero-order valence-electron chi connectivity index (χ0n) is 21.4. The Labute approximate surface area is 223 Å². The van der Waals surface area contributed by atoms with E-state index in [-0.39, 0.29) is 48.5 Å². The van der Waals surface area contributed by atoms with Crippen molar-refractivity contribution in [3.63, 3.8) is 0 Å². The van der Waals surface area contributed by atoms with Crippen LogP contribution in [-0.4, -0.2) is 40.0 Å². The van der Waals surface area contributed by atoms with Crippen LogP contribution in [0.5, 0.6) is 0 Å². The molecule has 8 nitrogen and oxygen atoms in total. The molecule has 4 amide bonds. The second kappa shape index (κ2) is 10.5. The highest BCUT2D eigenvalue weighted by Crippen LogP contribution is 2.44. The van der Waals surface area contributed by atoms with Crippen molar-refractivity contribution in [3.8, 4) is 6.07 Å². The summed E-state index contributed by atoms with van der Waals surface area (Å²) in [6, 6.07) is 9.29. The van der Waals surface area contributed by atoms with Crippen molar-refractivity contribution in [2.75, 3.05) is 11.4 Å². The molecule has 0 saturated heterocycles. The van der Waals surface area contributed by atoms with Gasteiger partial charge in [-0.2, -0.15) is 18.4 Å². The van der Waals surface area contributed by atoms with Crippen molar-refractivity contribution in [3.05, 3.63) is 76.5 Å². The number of carbonyl (C=O) groups excluding carboxylic acids is 3. The molecule has 204 valence electrons. The van der Waals surface area contributed by atoms with Crippen molar-refractivity contribution in [1.82, 2.24) is 10.2 Å². The maximum absolute atomic E-state index is 14.0. The number of urea groups is 2. The van der Waals surface area contributed by atoms with Crippen LogP contribution in [0.3, 0.4) is 0 Å². The summed E-state index contributed by atoms with van der Waals surface area (Å²) in [4.78, 5) is 42.7. The van der Waals surface area contributed by atoms with Gasteiger partial charge in [0, 0.05) is 24.2 Å². The van der Waals surface area contributed by atoms with E-state index >= 15 is 0 Å². The number of nitrogens with one attached hydrogen (secondary N) is 1. The van der Waals surface area contributed by atoms with E-state index in [2.05, 4.69) is 5.32 Å². The maximum Gasteiger partial charge on any atom is 0.416 e. The molecule has 2 aromatic carbocycles. The first-order valence-corrected chi connectivity index (χ1v) is 12.4. The number of amides is 4. The molecule has 2 N–H and O–H groups in total. The first-order chi connectivity index (χ1) is 18.3. The van der Waals surface area contributed by atoms with E-state index in [9.17, 15) is 37.9 Å². The Morgan fingerprint density at radius 3 is 2.44 bits per heavy atom. The van der Waals surface area contributed by atoms with Gasteiger partial charge in [0.25, 0.3) is 0 Å². The minimum absolute atomic E-state index is 0.00435. The number of hydrogen-bond donors (Lipinski definition) is 2. The lowest BCUT2D eigenvalue weighted by molar-refractivity contribution is -0.137. The van der Waals surface area contributed by atoms with Gasteiger partial charge < -0.3 is 10.4 Å². The summed E-state index contributed by atoms with van der Waals surface area (Å²) in [7, 11) is 0. The Morgan fingerprint density at radius 1 is 1.13 bits per heavy atom. The molecule has 2 aromatic rings. The molecule has 39 heavy (non-hydrogen) atoms. The number of allylic oxidation sites excluding steroid dienone is 1. The van der Waals surface area contributed by atoms with Gasteiger partial charge in [-0.3, -0.25) is 9.69 Å². The lowest BCUT2D eigenvalue weighted by Gasteiger charge is -2.44. The molecule has 1 aliphatic carbocycles. The van der Waals surface area contributed by atoms with E-state index in [1.165, 1.54) is 18.2 Å². The second-order valence-corrected chi connectivity index (χ2v) is 10.1. The zero-order valence-corrected chi connectivity index (χ0v) is 21.4. The van der Waals surface area contributed by atoms with Crippen LogP contribution in [-0.2, 0) is 11.0 Å². The van der Waals surface area contributed by atoms with Gasteiger partial charge >= 0.3 is 18.2 Å². The summed E-state index contributed by atoms with van der Waals surface area (Å²) in [5, 5.41) is 21.8. The molecule has 0 saturated carbocycles. The first kappa shape index (κ1) is 27.9. The van der Waals surface area contributed by atoms with E-state index in [0.29, 0.717) is 17.5 Å². The summed E-state index contributed by atoms with van der Waals surface area (Å²) in [5.41, 5.74) is -1.10. The van der Waals surface area contributed by atoms with Crippen molar-refractivity contribution >= 4 is 23.5 Å². The highest BCUT2D eigenvalue weighted by molar-refractivity contribution is 6.11. The van der Waals surface area contributed by atoms with Gasteiger partial charge in [-0.1, -0.05) is 18.2 Å². The fourth-order valence-corrected chi connectivity index (χ4v) is 4.76. The van der Waals surface area contributed by atoms with Crippen LogP contribution in [0, 0.1) is 11.3 Å². The standard InChI is InChI=1S/C28H27F3N4O4/c1-27(2,39)13-14-33-25(37)35-24(18-11-9-17(16-32)10-12-18)23-21(7-4-8-22(23)36)34(26(35)38)20-6-3-5-19(15-20)28(29,30)31/h3,5-6,9-12,15,24,39H,4,7-8,13-14H2,1-2H3,(H,33,37). The van der Waals surface area contributed by atoms with Gasteiger partial charge in [-0.25, -0.2) is 14.5 Å². The number of carbonyl (C=O) groups is 3. The number of anilines is 1. The summed E-state index contributed by atoms with van der Waals surface area (Å²) in [5.74, 6) is -0.329. The van der Waals surface area contributed by atoms with E-state index in [0.717, 1.165) is 28.0 Å². The average Bonchev–Trinajstić information content (AvgIpc) is 2.87. The van der Waals surface area contributed by atoms with Gasteiger partial charge in [0.15, 0.2) is 5.78 Å². The third kappa shape index (κ3) is 5.81. The van der Waals surface area contributed by atoms with Gasteiger partial charge in [0.2, 0.25) is 0 Å². The van der Waals surface area contributed by atoms with E-state index in [4.69, 9.17) is 0 Å². The summed E-state index contributed by atoms with van der Waals surface area (Å²) >= 11 is 0. The molecule has 0 aromatic heterocycles. The van der Waals surface area contributed by atoms with Crippen LogP contribution >= 0.6 is 0 Å². The number of aliphatic hydroxyl groups is 1. The molecule has 0 radical (unpaired) electrons. The maximum atomic E-state index is 14.0. The highest BCUT2D eigenvalue weighted by Gasteiger charge is 2.47. The van der Waals surface area contributed by atoms with E-state index in [1.54, 1.807) is 26.0 Å². The lowest BCUT2D eigenvalue weighted by Crippen LogP contribution is -2.57. The topological polar surface area (TPSA) is 114 Å². The Balaban J connectivity index is 1.88. The van der Waals surface area contributed by atoms with Gasteiger partial charge in [0.1, 0.15) is 0 Å². The fraction of sp³-hybridized carbons (Fsp3) is 0.357. The SMILES string of the molecule is CC(C)(O)CCNC(=O)N1C(=O)N(c2cccc(C(F)(F)F)c2)C2=C(C(=O)CCC2)C1c1ccc(C#N)cc1. The van der Waals surface area contributed by atoms with Gasteiger partial charge in [0.05, 0.1) is 34.5 Å². The predicted molar refractivity (Wildman–Crippen MR) is 135 cm³/mol. The number of rotatable bonds is 5. The minimum atomic E-state index is -4.67. The third-order valence-electron chi connectivity index (χ3n) is 6.65. The van der Waals surface area contributed by atoms with Crippen LogP contribution in [0.4, 0.5) is 28.4 Å². The summed E-state index contributed by atoms with van der Waals surface area (Å²) in [6.45, 7) is 3.10. The molecule has 0 fully saturated rings. The molecule has 1 heterocycles. The molecule has 4 rings (SSSR count). The van der Waals surface area contributed by atoms with E-state index < -0.39 is 35.4 Å². The number of benzene rings is 2. The summed E-state index contributed by atoms with van der Waals surface area (Å²) < 4.78 is 40.6. The number of Topliss-reactive ketones (excluding diaryl/α,β-unsaturated/α-hetero) is 1. The molecule has 0 bridgehead atoms. The van der Waals surface area contributed by atoms with Crippen molar-refractivity contribution in [2.45, 2.75) is 57.3 Å². The molecule has 1 aliphatic heterocycles. The van der Waals surface area contributed by atoms with Crippen LogP contribution in [0.15, 0.2) is 59.8 Å². The lowest BCUT2D eigenvalue weighted by atomic mass is 9.83. The Hall–Kier alpha value is -4.17. The zero-order chi connectivity index (χ0) is 28.5. The number of nitrogens with zero attached hydrogens (tertiary/aromatic N) is 3. The molecule has 11 heteroatoms. The quantitative estimate of drug-likeness (QED) is 0.525. The largest absolute Gasteiger partial charge is 0.416 e. The van der Waals surface area contributed by atoms with E-state index in [1.807, 2.05) is 6.07 Å². The van der Waals surface area contributed by atoms with Crippen molar-refractivity contribution < 1.29 is 32.7 Å². The number of imide groups is 1. The summed E-state index contributed by atoms with van der Waals surface area (Å²) in [6.07, 6.45) is -3.74. The van der Waals surface area contributed by atoms with Crippen LogP contribution in [0.25, 0.3) is 0 Å². The van der Waals surface area contributed by atoms with Crippen LogP contribution in [0.2, 0.25) is 0 Å². The monoisotopic (exact) mass is 540 g/mol. The number of nitriles is 1. The number of alkyl halides is 3. The van der Waals surface area contributed by atoms with Gasteiger partial charge in [-0.05, 0) is 69.0 Å². The van der Waals surface area contributed by atoms with Crippen LogP contribution < -0.4 is 10.2 Å². The average molecular weight is 541 g/mol. The van der Waals surface area contributed by atoms with Gasteiger partial charge in [-0.15, -0.1) is 0 Å². The highest BCUT2D eigenvalue weighted by atomic mass is 19.4. The second-order valence-electron chi connectivity index (χ2n) is 10.1. The van der Waals surface area contributed by atoms with Crippen LogP contribution in [0.1, 0.15) is 62.3 Å². The molecular weight excluding hydrogens is 513 g/mol. The predicted octanol–water partition coefficient (Wildman–Crippen LogP) is 5.44. The first-order valence-electron chi connectivity index (χ1n) is 12.4. The Kier molecular flexibility index (Phi) is 7.52. The molecule has 1 atom stereocenters. The minimum Gasteiger partial charge on any atom is -0.390 e. The Bertz CT molecular complexity index is 1370. The smallest absolute Gasteiger partial charge is 0.390 e. The van der Waals surface area contributed by atoms with Crippen molar-refractivity contribution in [2.24, 2.45) is 0 Å². The molecule has 2 aliphatic rings. The normalized spacial score (nSPS) is 18.1. The van der Waals surface area contributed by atoms with Crippen molar-refractivity contribution in [1.29, 1.82) is 5.26 Å².